The maximum Gasteiger partial charge on any atom is 0.224 e. The van der Waals surface area contributed by atoms with Gasteiger partial charge in [0.2, 0.25) is 5.91 Å². The van der Waals surface area contributed by atoms with Crippen LogP contribution >= 0.6 is 11.8 Å². The summed E-state index contributed by atoms with van der Waals surface area (Å²) >= 11 is 1.61. The second kappa shape index (κ2) is 7.53. The zero-order valence-corrected chi connectivity index (χ0v) is 13.5. The zero-order chi connectivity index (χ0) is 16.1. The minimum Gasteiger partial charge on any atom is -0.491 e. The van der Waals surface area contributed by atoms with Crippen LogP contribution < -0.4 is 10.1 Å². The van der Waals surface area contributed by atoms with E-state index in [-0.39, 0.29) is 12.5 Å². The lowest BCUT2D eigenvalue weighted by atomic mass is 10.0. The van der Waals surface area contributed by atoms with Gasteiger partial charge in [0.1, 0.15) is 12.4 Å². The number of hydrogen-bond acceptors (Lipinski definition) is 4. The van der Waals surface area contributed by atoms with E-state index in [1.165, 1.54) is 0 Å². The van der Waals surface area contributed by atoms with Crippen molar-refractivity contribution in [2.24, 2.45) is 0 Å². The number of thioether (sulfide) groups is 1. The monoisotopic (exact) mass is 329 g/mol. The molecule has 0 saturated heterocycles. The van der Waals surface area contributed by atoms with Crippen LogP contribution in [0.2, 0.25) is 0 Å². The van der Waals surface area contributed by atoms with E-state index in [1.807, 2.05) is 48.5 Å². The zero-order valence-electron chi connectivity index (χ0n) is 12.7. The third-order valence-electron chi connectivity index (χ3n) is 3.60. The normalized spacial score (nSPS) is 14.7. The first-order valence-electron chi connectivity index (χ1n) is 7.62. The Bertz CT molecular complexity index is 675. The standard InChI is InChI=1S/C18H19NO3S/c20-14(12-23-16-4-2-1-3-5-16)11-22-15-7-8-17-13(10-15)6-9-18(21)19-17/h1-5,7-8,10,14,20H,6,9,11-12H2,(H,19,21). The fourth-order valence-corrected chi connectivity index (χ4v) is 3.23. The van der Waals surface area contributed by atoms with Crippen LogP contribution in [0.1, 0.15) is 12.0 Å². The predicted molar refractivity (Wildman–Crippen MR) is 92.1 cm³/mol. The Morgan fingerprint density at radius 1 is 1.17 bits per heavy atom. The van der Waals surface area contributed by atoms with Gasteiger partial charge in [-0.1, -0.05) is 18.2 Å². The molecule has 2 N–H and O–H groups in total. The van der Waals surface area contributed by atoms with Crippen molar-refractivity contribution in [3.63, 3.8) is 0 Å². The van der Waals surface area contributed by atoms with Crippen LogP contribution in [0, 0.1) is 0 Å². The van der Waals surface area contributed by atoms with Gasteiger partial charge in [0.05, 0.1) is 6.10 Å². The van der Waals surface area contributed by atoms with Crippen molar-refractivity contribution in [1.82, 2.24) is 0 Å². The fourth-order valence-electron chi connectivity index (χ4n) is 2.40. The molecule has 1 amide bonds. The molecule has 1 aliphatic heterocycles. The minimum absolute atomic E-state index is 0.0551. The Kier molecular flexibility index (Phi) is 5.20. The number of ether oxygens (including phenoxy) is 1. The Hall–Kier alpha value is -1.98. The highest BCUT2D eigenvalue weighted by atomic mass is 32.2. The molecular formula is C18H19NO3S. The summed E-state index contributed by atoms with van der Waals surface area (Å²) in [5, 5.41) is 12.9. The molecule has 0 fully saturated rings. The second-order valence-electron chi connectivity index (χ2n) is 5.46. The lowest BCUT2D eigenvalue weighted by Crippen LogP contribution is -2.21. The van der Waals surface area contributed by atoms with Crippen molar-refractivity contribution < 1.29 is 14.6 Å². The Morgan fingerprint density at radius 3 is 2.83 bits per heavy atom. The summed E-state index contributed by atoms with van der Waals surface area (Å²) in [6.07, 6.45) is 0.702. The minimum atomic E-state index is -0.532. The summed E-state index contributed by atoms with van der Waals surface area (Å²) < 4.78 is 5.67. The molecule has 2 aromatic carbocycles. The summed E-state index contributed by atoms with van der Waals surface area (Å²) in [4.78, 5) is 12.5. The third-order valence-corrected chi connectivity index (χ3v) is 4.76. The number of aliphatic hydroxyl groups excluding tert-OH is 1. The van der Waals surface area contributed by atoms with Crippen LogP contribution in [0.4, 0.5) is 5.69 Å². The van der Waals surface area contributed by atoms with Crippen molar-refractivity contribution in [2.75, 3.05) is 17.7 Å². The number of aryl methyl sites for hydroxylation is 1. The Balaban J connectivity index is 1.49. The van der Waals surface area contributed by atoms with Gasteiger partial charge in [-0.2, -0.15) is 0 Å². The summed E-state index contributed by atoms with van der Waals surface area (Å²) in [5.41, 5.74) is 1.93. The van der Waals surface area contributed by atoms with Gasteiger partial charge in [-0.15, -0.1) is 11.8 Å². The molecule has 0 saturated carbocycles. The number of nitrogens with one attached hydrogen (secondary N) is 1. The number of fused-ring (bicyclic) bond motifs is 1. The van der Waals surface area contributed by atoms with E-state index in [0.717, 1.165) is 28.3 Å². The van der Waals surface area contributed by atoms with Gasteiger partial charge in [-0.05, 0) is 42.3 Å². The number of carbonyl (C=O) groups excluding carboxylic acids is 1. The molecule has 120 valence electrons. The molecule has 0 spiro atoms. The fraction of sp³-hybridized carbons (Fsp3) is 0.278. The van der Waals surface area contributed by atoms with E-state index in [1.54, 1.807) is 11.8 Å². The van der Waals surface area contributed by atoms with Crippen LogP contribution in [0.3, 0.4) is 0 Å². The number of amides is 1. The number of carbonyl (C=O) groups is 1. The van der Waals surface area contributed by atoms with Crippen molar-refractivity contribution in [2.45, 2.75) is 23.8 Å². The lowest BCUT2D eigenvalue weighted by molar-refractivity contribution is -0.116. The van der Waals surface area contributed by atoms with Crippen LogP contribution in [0.25, 0.3) is 0 Å². The Labute approximate surface area is 139 Å². The molecule has 1 unspecified atom stereocenters. The highest BCUT2D eigenvalue weighted by Gasteiger charge is 2.15. The van der Waals surface area contributed by atoms with E-state index in [9.17, 15) is 9.90 Å². The quantitative estimate of drug-likeness (QED) is 0.800. The predicted octanol–water partition coefficient (Wildman–Crippen LogP) is 3.10. The summed E-state index contributed by atoms with van der Waals surface area (Å²) in [6, 6.07) is 15.6. The second-order valence-corrected chi connectivity index (χ2v) is 6.55. The van der Waals surface area contributed by atoms with E-state index in [0.29, 0.717) is 12.2 Å². The number of anilines is 1. The van der Waals surface area contributed by atoms with Crippen molar-refractivity contribution in [3.8, 4) is 5.75 Å². The summed E-state index contributed by atoms with van der Waals surface area (Å²) in [5.74, 6) is 1.37. The molecule has 2 aromatic rings. The van der Waals surface area contributed by atoms with Crippen molar-refractivity contribution in [3.05, 3.63) is 54.1 Å². The molecule has 4 nitrogen and oxygen atoms in total. The first-order valence-corrected chi connectivity index (χ1v) is 8.61. The van der Waals surface area contributed by atoms with Crippen molar-refractivity contribution in [1.29, 1.82) is 0 Å². The molecule has 0 aliphatic carbocycles. The molecular weight excluding hydrogens is 310 g/mol. The largest absolute Gasteiger partial charge is 0.491 e. The molecule has 0 bridgehead atoms. The van der Waals surface area contributed by atoms with Crippen molar-refractivity contribution >= 4 is 23.4 Å². The van der Waals surface area contributed by atoms with Gasteiger partial charge < -0.3 is 15.2 Å². The molecule has 1 atom stereocenters. The summed E-state index contributed by atoms with van der Waals surface area (Å²) in [6.45, 7) is 0.255. The SMILES string of the molecule is O=C1CCc2cc(OCC(O)CSc3ccccc3)ccc2N1. The van der Waals surface area contributed by atoms with E-state index < -0.39 is 6.10 Å². The van der Waals surface area contributed by atoms with Crippen LogP contribution in [0.5, 0.6) is 5.75 Å². The topological polar surface area (TPSA) is 58.6 Å². The van der Waals surface area contributed by atoms with Gasteiger partial charge in [-0.3, -0.25) is 4.79 Å². The maximum atomic E-state index is 11.3. The molecule has 1 heterocycles. The molecule has 5 heteroatoms. The molecule has 3 rings (SSSR count). The van der Waals surface area contributed by atoms with Gasteiger partial charge in [0, 0.05) is 22.8 Å². The number of hydrogen-bond donors (Lipinski definition) is 2. The molecule has 0 radical (unpaired) electrons. The van der Waals surface area contributed by atoms with Crippen LogP contribution in [0.15, 0.2) is 53.4 Å². The number of aliphatic hydroxyl groups is 1. The highest BCUT2D eigenvalue weighted by Crippen LogP contribution is 2.27. The van der Waals surface area contributed by atoms with Crippen LogP contribution in [-0.4, -0.2) is 29.5 Å². The van der Waals surface area contributed by atoms with Gasteiger partial charge in [0.25, 0.3) is 0 Å². The molecule has 23 heavy (non-hydrogen) atoms. The number of rotatable bonds is 6. The smallest absolute Gasteiger partial charge is 0.224 e. The van der Waals surface area contributed by atoms with Crippen LogP contribution in [-0.2, 0) is 11.2 Å². The van der Waals surface area contributed by atoms with Gasteiger partial charge in [-0.25, -0.2) is 0 Å². The first-order chi connectivity index (χ1) is 11.2. The number of benzene rings is 2. The third kappa shape index (κ3) is 4.50. The molecule has 0 aromatic heterocycles. The van der Waals surface area contributed by atoms with Gasteiger partial charge in [0.15, 0.2) is 0 Å². The van der Waals surface area contributed by atoms with Gasteiger partial charge >= 0.3 is 0 Å². The highest BCUT2D eigenvalue weighted by molar-refractivity contribution is 7.99. The molecule has 1 aliphatic rings. The average Bonchev–Trinajstić information content (AvgIpc) is 2.59. The Morgan fingerprint density at radius 2 is 2.00 bits per heavy atom. The maximum absolute atomic E-state index is 11.3. The van der Waals surface area contributed by atoms with E-state index in [4.69, 9.17) is 4.74 Å². The van der Waals surface area contributed by atoms with E-state index >= 15 is 0 Å². The van der Waals surface area contributed by atoms with E-state index in [2.05, 4.69) is 5.32 Å². The first kappa shape index (κ1) is 15.9. The average molecular weight is 329 g/mol. The lowest BCUT2D eigenvalue weighted by Gasteiger charge is -2.18. The summed E-state index contributed by atoms with van der Waals surface area (Å²) in [7, 11) is 0.